The summed E-state index contributed by atoms with van der Waals surface area (Å²) >= 11 is 0. The van der Waals surface area contributed by atoms with Gasteiger partial charge in [0, 0.05) is 24.3 Å². The fraction of sp³-hybridized carbons (Fsp3) is 0.192. The van der Waals surface area contributed by atoms with Gasteiger partial charge in [-0.05, 0) is 40.5 Å². The number of carbonyl (C=O) groups excluding carboxylic acids is 2. The standard InChI is InChI=1S/C26H24N2O6/c1-33-15-23(25(30)31)28-24(29)16-7-6-8-17(13-16)27-26(32)34-14-22-20-11-4-2-9-18(20)19-10-3-5-12-21(19)22/h2-13,22-23H,14-15H2,1H3,(H,27,32)(H,28,29)(H,30,31)/t23-/m0/s1. The van der Waals surface area contributed by atoms with Crippen LogP contribution in [0.25, 0.3) is 11.1 Å². The maximum absolute atomic E-state index is 12.5. The lowest BCUT2D eigenvalue weighted by Gasteiger charge is -2.15. The smallest absolute Gasteiger partial charge is 0.411 e. The highest BCUT2D eigenvalue weighted by molar-refractivity contribution is 5.98. The number of carbonyl (C=O) groups is 3. The van der Waals surface area contributed by atoms with Gasteiger partial charge in [-0.2, -0.15) is 0 Å². The molecule has 0 aromatic heterocycles. The molecule has 174 valence electrons. The number of nitrogens with one attached hydrogen (secondary N) is 2. The van der Waals surface area contributed by atoms with Gasteiger partial charge in [-0.3, -0.25) is 10.1 Å². The first-order chi connectivity index (χ1) is 16.5. The predicted octanol–water partition coefficient (Wildman–Crippen LogP) is 3.88. The van der Waals surface area contributed by atoms with Crippen molar-refractivity contribution in [1.29, 1.82) is 0 Å². The first kappa shape index (κ1) is 23.0. The molecule has 8 heteroatoms. The molecule has 0 unspecified atom stereocenters. The van der Waals surface area contributed by atoms with Crippen LogP contribution in [0.15, 0.2) is 72.8 Å². The number of carboxylic acid groups (broad SMARTS) is 1. The summed E-state index contributed by atoms with van der Waals surface area (Å²) < 4.78 is 10.3. The van der Waals surface area contributed by atoms with E-state index in [1.807, 2.05) is 36.4 Å². The second-order valence-electron chi connectivity index (χ2n) is 7.85. The molecule has 8 nitrogen and oxygen atoms in total. The van der Waals surface area contributed by atoms with Crippen molar-refractivity contribution in [3.05, 3.63) is 89.5 Å². The molecule has 0 saturated heterocycles. The van der Waals surface area contributed by atoms with E-state index in [0.29, 0.717) is 5.69 Å². The molecule has 3 N–H and O–H groups in total. The maximum Gasteiger partial charge on any atom is 0.411 e. The van der Waals surface area contributed by atoms with Crippen LogP contribution in [-0.2, 0) is 14.3 Å². The number of aliphatic carboxylic acids is 1. The molecule has 3 aromatic carbocycles. The van der Waals surface area contributed by atoms with Crippen molar-refractivity contribution in [3.63, 3.8) is 0 Å². The molecule has 4 rings (SSSR count). The van der Waals surface area contributed by atoms with Crippen LogP contribution in [0.3, 0.4) is 0 Å². The third-order valence-corrected chi connectivity index (χ3v) is 5.65. The summed E-state index contributed by atoms with van der Waals surface area (Å²) in [6, 6.07) is 21.1. The number of hydrogen-bond acceptors (Lipinski definition) is 5. The molecule has 1 aliphatic carbocycles. The van der Waals surface area contributed by atoms with Gasteiger partial charge in [-0.1, -0.05) is 54.6 Å². The fourth-order valence-corrected chi connectivity index (χ4v) is 4.07. The fourth-order valence-electron chi connectivity index (χ4n) is 4.07. The van der Waals surface area contributed by atoms with Crippen molar-refractivity contribution in [3.8, 4) is 11.1 Å². The van der Waals surface area contributed by atoms with Crippen LogP contribution in [0.1, 0.15) is 27.4 Å². The van der Waals surface area contributed by atoms with Gasteiger partial charge in [-0.25, -0.2) is 9.59 Å². The van der Waals surface area contributed by atoms with Crippen molar-refractivity contribution in [1.82, 2.24) is 5.32 Å². The Labute approximate surface area is 196 Å². The van der Waals surface area contributed by atoms with Crippen molar-refractivity contribution < 1.29 is 29.0 Å². The zero-order chi connectivity index (χ0) is 24.1. The van der Waals surface area contributed by atoms with E-state index in [1.165, 1.54) is 19.2 Å². The number of carboxylic acids is 1. The van der Waals surface area contributed by atoms with Gasteiger partial charge in [0.15, 0.2) is 6.04 Å². The van der Waals surface area contributed by atoms with E-state index in [9.17, 15) is 19.5 Å². The third-order valence-electron chi connectivity index (χ3n) is 5.65. The summed E-state index contributed by atoms with van der Waals surface area (Å²) in [5.74, 6) is -1.87. The highest BCUT2D eigenvalue weighted by Crippen LogP contribution is 2.44. The monoisotopic (exact) mass is 460 g/mol. The van der Waals surface area contributed by atoms with Crippen LogP contribution in [0, 0.1) is 0 Å². The van der Waals surface area contributed by atoms with Gasteiger partial charge in [-0.15, -0.1) is 0 Å². The summed E-state index contributed by atoms with van der Waals surface area (Å²) in [7, 11) is 1.35. The Bertz CT molecular complexity index is 1180. The first-order valence-electron chi connectivity index (χ1n) is 10.7. The molecule has 0 radical (unpaired) electrons. The Morgan fingerprint density at radius 2 is 1.59 bits per heavy atom. The predicted molar refractivity (Wildman–Crippen MR) is 126 cm³/mol. The van der Waals surface area contributed by atoms with E-state index in [1.54, 1.807) is 12.1 Å². The van der Waals surface area contributed by atoms with E-state index in [2.05, 4.69) is 22.8 Å². The summed E-state index contributed by atoms with van der Waals surface area (Å²) in [6.45, 7) is -0.00386. The van der Waals surface area contributed by atoms with Gasteiger partial charge >= 0.3 is 12.1 Å². The largest absolute Gasteiger partial charge is 0.480 e. The minimum atomic E-state index is -1.21. The quantitative estimate of drug-likeness (QED) is 0.470. The average molecular weight is 460 g/mol. The lowest BCUT2D eigenvalue weighted by molar-refractivity contribution is -0.140. The van der Waals surface area contributed by atoms with Crippen LogP contribution in [0.2, 0.25) is 0 Å². The van der Waals surface area contributed by atoms with Crippen molar-refractivity contribution in [2.75, 3.05) is 25.6 Å². The van der Waals surface area contributed by atoms with Crippen LogP contribution in [0.4, 0.5) is 10.5 Å². The van der Waals surface area contributed by atoms with Crippen molar-refractivity contribution >= 4 is 23.7 Å². The van der Waals surface area contributed by atoms with E-state index in [-0.39, 0.29) is 24.7 Å². The van der Waals surface area contributed by atoms with Crippen LogP contribution < -0.4 is 10.6 Å². The second kappa shape index (κ2) is 10.2. The van der Waals surface area contributed by atoms with Gasteiger partial charge in [0.05, 0.1) is 6.61 Å². The summed E-state index contributed by atoms with van der Waals surface area (Å²) in [5.41, 5.74) is 5.04. The topological polar surface area (TPSA) is 114 Å². The zero-order valence-electron chi connectivity index (χ0n) is 18.5. The van der Waals surface area contributed by atoms with E-state index < -0.39 is 24.0 Å². The summed E-state index contributed by atoms with van der Waals surface area (Å²) in [6.07, 6.45) is -0.651. The van der Waals surface area contributed by atoms with Crippen LogP contribution in [-0.4, -0.2) is 49.4 Å². The van der Waals surface area contributed by atoms with Gasteiger partial charge in [0.25, 0.3) is 5.91 Å². The lowest BCUT2D eigenvalue weighted by atomic mass is 9.98. The van der Waals surface area contributed by atoms with Crippen LogP contribution in [0.5, 0.6) is 0 Å². The zero-order valence-corrected chi connectivity index (χ0v) is 18.5. The maximum atomic E-state index is 12.5. The van der Waals surface area contributed by atoms with E-state index >= 15 is 0 Å². The molecule has 0 bridgehead atoms. The Kier molecular flexibility index (Phi) is 6.89. The number of anilines is 1. The van der Waals surface area contributed by atoms with Gasteiger partial charge in [0.1, 0.15) is 6.61 Å². The second-order valence-corrected chi connectivity index (χ2v) is 7.85. The molecular weight excluding hydrogens is 436 g/mol. The highest BCUT2D eigenvalue weighted by atomic mass is 16.5. The average Bonchev–Trinajstić information content (AvgIpc) is 3.16. The molecule has 0 heterocycles. The number of methoxy groups -OCH3 is 1. The number of ether oxygens (including phenoxy) is 2. The molecule has 34 heavy (non-hydrogen) atoms. The van der Waals surface area contributed by atoms with Gasteiger partial charge in [0.2, 0.25) is 0 Å². The Morgan fingerprint density at radius 3 is 2.21 bits per heavy atom. The minimum absolute atomic E-state index is 0.0657. The Morgan fingerprint density at radius 1 is 0.941 bits per heavy atom. The molecule has 1 aliphatic rings. The van der Waals surface area contributed by atoms with E-state index in [0.717, 1.165) is 22.3 Å². The first-order valence-corrected chi connectivity index (χ1v) is 10.7. The molecule has 1 atom stereocenters. The summed E-state index contributed by atoms with van der Waals surface area (Å²) in [4.78, 5) is 36.2. The van der Waals surface area contributed by atoms with Crippen molar-refractivity contribution in [2.45, 2.75) is 12.0 Å². The molecule has 2 amide bonds. The Hall–Kier alpha value is -4.17. The van der Waals surface area contributed by atoms with Crippen LogP contribution >= 0.6 is 0 Å². The molecule has 0 aliphatic heterocycles. The minimum Gasteiger partial charge on any atom is -0.480 e. The van der Waals surface area contributed by atoms with Crippen molar-refractivity contribution in [2.24, 2.45) is 0 Å². The Balaban J connectivity index is 1.40. The molecular formula is C26H24N2O6. The third kappa shape index (κ3) is 4.92. The molecule has 0 saturated carbocycles. The highest BCUT2D eigenvalue weighted by Gasteiger charge is 2.29. The van der Waals surface area contributed by atoms with Gasteiger partial charge < -0.3 is 19.9 Å². The number of benzene rings is 3. The number of hydrogen-bond donors (Lipinski definition) is 3. The number of fused-ring (bicyclic) bond motifs is 3. The summed E-state index contributed by atoms with van der Waals surface area (Å²) in [5, 5.41) is 14.2. The molecule has 0 fully saturated rings. The number of amides is 2. The number of rotatable bonds is 8. The lowest BCUT2D eigenvalue weighted by Crippen LogP contribution is -2.43. The molecule has 0 spiro atoms. The normalized spacial score (nSPS) is 12.9. The van der Waals surface area contributed by atoms with E-state index in [4.69, 9.17) is 9.47 Å². The SMILES string of the molecule is COC[C@H](NC(=O)c1cccc(NC(=O)OCC2c3ccccc3-c3ccccc32)c1)C(=O)O. The molecule has 3 aromatic rings.